The molecule has 2 atom stereocenters. The number of amides is 1. The highest BCUT2D eigenvalue weighted by Gasteiger charge is 2.33. The summed E-state index contributed by atoms with van der Waals surface area (Å²) in [5.41, 5.74) is 3.22. The summed E-state index contributed by atoms with van der Waals surface area (Å²) in [6, 6.07) is 14.7. The summed E-state index contributed by atoms with van der Waals surface area (Å²) in [5, 5.41) is 3.07. The van der Waals surface area contributed by atoms with Crippen LogP contribution in [0.2, 0.25) is 0 Å². The molecule has 0 aliphatic carbocycles. The van der Waals surface area contributed by atoms with Crippen LogP contribution in [0.5, 0.6) is 0 Å². The lowest BCUT2D eigenvalue weighted by molar-refractivity contribution is -0.126. The Hall–Kier alpha value is -2.18. The zero-order chi connectivity index (χ0) is 20.3. The van der Waals surface area contributed by atoms with E-state index >= 15 is 0 Å². The van der Waals surface area contributed by atoms with Crippen molar-refractivity contribution >= 4 is 15.9 Å². The summed E-state index contributed by atoms with van der Waals surface area (Å²) in [6.45, 7) is 6.58. The van der Waals surface area contributed by atoms with Crippen LogP contribution in [0, 0.1) is 19.8 Å². The number of aryl methyl sites for hydroxylation is 2. The van der Waals surface area contributed by atoms with Crippen molar-refractivity contribution in [2.24, 2.45) is 5.92 Å². The Bertz CT molecular complexity index is 939. The van der Waals surface area contributed by atoms with Crippen LogP contribution in [0.1, 0.15) is 42.5 Å². The van der Waals surface area contributed by atoms with Crippen molar-refractivity contribution in [2.75, 3.05) is 13.1 Å². The van der Waals surface area contributed by atoms with Crippen molar-refractivity contribution in [2.45, 2.75) is 44.6 Å². The van der Waals surface area contributed by atoms with Crippen molar-refractivity contribution in [1.29, 1.82) is 0 Å². The van der Waals surface area contributed by atoms with E-state index in [-0.39, 0.29) is 29.3 Å². The first-order chi connectivity index (χ1) is 13.3. The molecule has 0 saturated carbocycles. The van der Waals surface area contributed by atoms with Crippen LogP contribution >= 0.6 is 0 Å². The standard InChI is InChI=1S/C22H28N2O3S/c1-16-10-12-20(13-11-16)28(26,27)24-14-6-8-19(15-24)22(25)23-18(3)21-9-5-4-7-17(21)2/h4-5,7,9-13,18-19H,6,8,14-15H2,1-3H3,(H,23,25)/t18-,19+/m0/s1. The zero-order valence-corrected chi connectivity index (χ0v) is 17.5. The number of benzene rings is 2. The van der Waals surface area contributed by atoms with E-state index in [9.17, 15) is 13.2 Å². The van der Waals surface area contributed by atoms with Gasteiger partial charge in [0, 0.05) is 13.1 Å². The molecular formula is C22H28N2O3S. The Balaban J connectivity index is 1.69. The van der Waals surface area contributed by atoms with Gasteiger partial charge in [-0.05, 0) is 56.9 Å². The van der Waals surface area contributed by atoms with Crippen LogP contribution in [-0.4, -0.2) is 31.7 Å². The van der Waals surface area contributed by atoms with Crippen LogP contribution in [0.4, 0.5) is 0 Å². The average Bonchev–Trinajstić information content (AvgIpc) is 2.68. The lowest BCUT2D eigenvalue weighted by Crippen LogP contribution is -2.45. The van der Waals surface area contributed by atoms with E-state index in [1.54, 1.807) is 24.3 Å². The molecule has 0 unspecified atom stereocenters. The lowest BCUT2D eigenvalue weighted by atomic mass is 9.97. The first-order valence-electron chi connectivity index (χ1n) is 9.72. The third-order valence-corrected chi connectivity index (χ3v) is 7.31. The SMILES string of the molecule is Cc1ccc(S(=O)(=O)N2CCC[C@@H](C(=O)N[C@@H](C)c3ccccc3C)C2)cc1. The highest BCUT2D eigenvalue weighted by atomic mass is 32.2. The maximum absolute atomic E-state index is 12.9. The Morgan fingerprint density at radius 1 is 1.11 bits per heavy atom. The normalized spacial score (nSPS) is 19.2. The van der Waals surface area contributed by atoms with Crippen molar-refractivity contribution in [3.63, 3.8) is 0 Å². The minimum atomic E-state index is -3.58. The average molecular weight is 401 g/mol. The van der Waals surface area contributed by atoms with E-state index < -0.39 is 10.0 Å². The van der Waals surface area contributed by atoms with Crippen molar-refractivity contribution < 1.29 is 13.2 Å². The summed E-state index contributed by atoms with van der Waals surface area (Å²) in [6.07, 6.45) is 1.38. The Morgan fingerprint density at radius 3 is 2.46 bits per heavy atom. The molecule has 0 radical (unpaired) electrons. The van der Waals surface area contributed by atoms with Crippen molar-refractivity contribution in [1.82, 2.24) is 9.62 Å². The molecule has 6 heteroatoms. The van der Waals surface area contributed by atoms with Crippen LogP contribution in [0.15, 0.2) is 53.4 Å². The summed E-state index contributed by atoms with van der Waals surface area (Å²) in [4.78, 5) is 13.1. The first-order valence-corrected chi connectivity index (χ1v) is 11.2. The third kappa shape index (κ3) is 4.45. The molecule has 0 bridgehead atoms. The fourth-order valence-corrected chi connectivity index (χ4v) is 5.24. The van der Waals surface area contributed by atoms with Crippen LogP contribution < -0.4 is 5.32 Å². The van der Waals surface area contributed by atoms with Crippen LogP contribution in [0.3, 0.4) is 0 Å². The largest absolute Gasteiger partial charge is 0.349 e. The number of hydrogen-bond acceptors (Lipinski definition) is 3. The quantitative estimate of drug-likeness (QED) is 0.834. The summed E-state index contributed by atoms with van der Waals surface area (Å²) in [7, 11) is -3.58. The molecule has 0 spiro atoms. The number of carbonyl (C=O) groups is 1. The predicted molar refractivity (Wildman–Crippen MR) is 110 cm³/mol. The number of hydrogen-bond donors (Lipinski definition) is 1. The molecule has 0 aromatic heterocycles. The van der Waals surface area contributed by atoms with Gasteiger partial charge in [-0.2, -0.15) is 4.31 Å². The van der Waals surface area contributed by atoms with Crippen LogP contribution in [-0.2, 0) is 14.8 Å². The molecule has 1 amide bonds. The monoisotopic (exact) mass is 400 g/mol. The molecule has 150 valence electrons. The van der Waals surface area contributed by atoms with E-state index in [1.165, 1.54) is 4.31 Å². The van der Waals surface area contributed by atoms with E-state index in [0.29, 0.717) is 19.4 Å². The number of rotatable bonds is 5. The van der Waals surface area contributed by atoms with Gasteiger partial charge in [-0.3, -0.25) is 4.79 Å². The second-order valence-corrected chi connectivity index (χ2v) is 9.54. The molecule has 1 aliphatic heterocycles. The van der Waals surface area contributed by atoms with Gasteiger partial charge in [0.15, 0.2) is 0 Å². The molecule has 1 fully saturated rings. The minimum Gasteiger partial charge on any atom is -0.349 e. The highest BCUT2D eigenvalue weighted by molar-refractivity contribution is 7.89. The highest BCUT2D eigenvalue weighted by Crippen LogP contribution is 2.25. The van der Waals surface area contributed by atoms with Gasteiger partial charge in [0.2, 0.25) is 15.9 Å². The summed E-state index contributed by atoms with van der Waals surface area (Å²) in [5.74, 6) is -0.417. The number of carbonyl (C=O) groups excluding carboxylic acids is 1. The Labute approximate surface area is 167 Å². The van der Waals surface area contributed by atoms with Gasteiger partial charge in [0.25, 0.3) is 0 Å². The van der Waals surface area contributed by atoms with Gasteiger partial charge in [0.05, 0.1) is 16.9 Å². The van der Waals surface area contributed by atoms with E-state index in [2.05, 4.69) is 5.32 Å². The van der Waals surface area contributed by atoms with Crippen LogP contribution in [0.25, 0.3) is 0 Å². The molecule has 2 aromatic carbocycles. The van der Waals surface area contributed by atoms with Gasteiger partial charge < -0.3 is 5.32 Å². The smallest absolute Gasteiger partial charge is 0.243 e. The van der Waals surface area contributed by atoms with E-state index in [0.717, 1.165) is 16.7 Å². The molecule has 1 aliphatic rings. The second kappa shape index (κ2) is 8.45. The summed E-state index contributed by atoms with van der Waals surface area (Å²) >= 11 is 0. The van der Waals surface area contributed by atoms with Crippen molar-refractivity contribution in [3.05, 3.63) is 65.2 Å². The summed E-state index contributed by atoms with van der Waals surface area (Å²) < 4.78 is 27.3. The molecule has 1 N–H and O–H groups in total. The third-order valence-electron chi connectivity index (χ3n) is 5.43. The van der Waals surface area contributed by atoms with Gasteiger partial charge in [-0.15, -0.1) is 0 Å². The number of nitrogens with one attached hydrogen (secondary N) is 1. The van der Waals surface area contributed by atoms with Gasteiger partial charge in [0.1, 0.15) is 0 Å². The topological polar surface area (TPSA) is 66.5 Å². The zero-order valence-electron chi connectivity index (χ0n) is 16.7. The number of sulfonamides is 1. The molecule has 28 heavy (non-hydrogen) atoms. The molecule has 2 aromatic rings. The molecule has 1 heterocycles. The van der Waals surface area contributed by atoms with Gasteiger partial charge >= 0.3 is 0 Å². The number of piperidine rings is 1. The fraction of sp³-hybridized carbons (Fsp3) is 0.409. The van der Waals surface area contributed by atoms with E-state index in [1.807, 2.05) is 45.0 Å². The molecular weight excluding hydrogens is 372 g/mol. The lowest BCUT2D eigenvalue weighted by Gasteiger charge is -2.32. The minimum absolute atomic E-state index is 0.0837. The Kier molecular flexibility index (Phi) is 6.20. The van der Waals surface area contributed by atoms with Gasteiger partial charge in [-0.25, -0.2) is 8.42 Å². The molecule has 5 nitrogen and oxygen atoms in total. The maximum atomic E-state index is 12.9. The Morgan fingerprint density at radius 2 is 1.79 bits per heavy atom. The predicted octanol–water partition coefficient (Wildman–Crippen LogP) is 3.58. The first kappa shape index (κ1) is 20.6. The van der Waals surface area contributed by atoms with E-state index in [4.69, 9.17) is 0 Å². The fourth-order valence-electron chi connectivity index (χ4n) is 3.72. The maximum Gasteiger partial charge on any atom is 0.243 e. The van der Waals surface area contributed by atoms with Crippen molar-refractivity contribution in [3.8, 4) is 0 Å². The second-order valence-electron chi connectivity index (χ2n) is 7.60. The molecule has 1 saturated heterocycles. The number of nitrogens with zero attached hydrogens (tertiary/aromatic N) is 1. The van der Waals surface area contributed by atoms with Gasteiger partial charge in [-0.1, -0.05) is 42.0 Å². The molecule has 3 rings (SSSR count).